The van der Waals surface area contributed by atoms with Crippen molar-refractivity contribution in [3.63, 3.8) is 0 Å². The van der Waals surface area contributed by atoms with Gasteiger partial charge in [-0.2, -0.15) is 13.2 Å². The second-order valence-electron chi connectivity index (χ2n) is 6.32. The van der Waals surface area contributed by atoms with E-state index in [9.17, 15) is 18.0 Å². The van der Waals surface area contributed by atoms with Crippen molar-refractivity contribution in [2.45, 2.75) is 45.4 Å². The number of fused-ring (bicyclic) bond motifs is 1. The topological polar surface area (TPSA) is 46.5 Å². The largest absolute Gasteiger partial charge is 0.478 e. The molecule has 1 unspecified atom stereocenters. The molecule has 126 valence electrons. The van der Waals surface area contributed by atoms with E-state index in [1.165, 1.54) is 6.07 Å². The van der Waals surface area contributed by atoms with Crippen LogP contribution in [0.25, 0.3) is 6.08 Å². The van der Waals surface area contributed by atoms with Crippen LogP contribution in [0, 0.1) is 6.90 Å². The maximum absolute atomic E-state index is 13.2. The molecule has 0 aromatic heterocycles. The minimum absolute atomic E-state index is 0.133. The molecule has 1 atom stereocenters. The number of rotatable bonds is 1. The van der Waals surface area contributed by atoms with Crippen molar-refractivity contribution in [3.8, 4) is 5.75 Å². The first-order valence-electron chi connectivity index (χ1n) is 7.42. The van der Waals surface area contributed by atoms with E-state index in [2.05, 4.69) is 0 Å². The number of benzene rings is 1. The SMILES string of the molecule is [2H]Cc1c2c(cc(Cl)c1C(C)(C)C)C=C(C(=O)O)C(C(F)(F)F)O2. The van der Waals surface area contributed by atoms with Crippen LogP contribution < -0.4 is 4.74 Å². The normalized spacial score (nSPS) is 18.7. The third-order valence-corrected chi connectivity index (χ3v) is 3.78. The van der Waals surface area contributed by atoms with E-state index in [0.29, 0.717) is 5.56 Å². The predicted octanol–water partition coefficient (Wildman–Crippen LogP) is 4.74. The van der Waals surface area contributed by atoms with E-state index < -0.39 is 29.2 Å². The summed E-state index contributed by atoms with van der Waals surface area (Å²) < 4.78 is 52.3. The minimum atomic E-state index is -4.89. The van der Waals surface area contributed by atoms with Crippen LogP contribution in [-0.2, 0) is 10.2 Å². The molecule has 3 nitrogen and oxygen atoms in total. The smallest absolute Gasteiger partial charge is 0.430 e. The molecule has 2 rings (SSSR count). The summed E-state index contributed by atoms with van der Waals surface area (Å²) in [6.45, 7) is 5.13. The maximum Gasteiger partial charge on any atom is 0.430 e. The molecule has 0 aliphatic carbocycles. The number of halogens is 4. The summed E-state index contributed by atoms with van der Waals surface area (Å²) in [5.41, 5.74) is -0.541. The maximum atomic E-state index is 13.2. The Morgan fingerprint density at radius 3 is 2.43 bits per heavy atom. The molecule has 1 heterocycles. The van der Waals surface area contributed by atoms with Gasteiger partial charge in [-0.1, -0.05) is 32.4 Å². The van der Waals surface area contributed by atoms with Gasteiger partial charge in [-0.25, -0.2) is 4.79 Å². The van der Waals surface area contributed by atoms with Crippen molar-refractivity contribution in [2.24, 2.45) is 0 Å². The molecule has 0 saturated heterocycles. The summed E-state index contributed by atoms with van der Waals surface area (Å²) >= 11 is 6.25. The van der Waals surface area contributed by atoms with Crippen LogP contribution >= 0.6 is 11.6 Å². The zero-order chi connectivity index (χ0) is 18.4. The van der Waals surface area contributed by atoms with Crippen LogP contribution in [0.2, 0.25) is 5.02 Å². The van der Waals surface area contributed by atoms with E-state index in [-0.39, 0.29) is 28.8 Å². The molecule has 0 bridgehead atoms. The summed E-state index contributed by atoms with van der Waals surface area (Å²) in [5, 5.41) is 9.32. The quantitative estimate of drug-likeness (QED) is 0.796. The van der Waals surface area contributed by atoms with Gasteiger partial charge in [0.05, 0.1) is 5.57 Å². The molecular formula is C16H16ClF3O3. The zero-order valence-electron chi connectivity index (χ0n) is 13.7. The summed E-state index contributed by atoms with van der Waals surface area (Å²) in [4.78, 5) is 11.2. The number of ether oxygens (including phenoxy) is 1. The molecule has 0 spiro atoms. The Balaban J connectivity index is 2.77. The first kappa shape index (κ1) is 16.2. The summed E-state index contributed by atoms with van der Waals surface area (Å²) in [6, 6.07) is 1.38. The second-order valence-corrected chi connectivity index (χ2v) is 6.73. The molecule has 0 radical (unpaired) electrons. The van der Waals surface area contributed by atoms with Crippen LogP contribution in [0.5, 0.6) is 5.75 Å². The standard InChI is InChI=1S/C16H16ClF3O3/c1-7-11(15(2,3)4)10(17)6-8-5-9(14(21)22)13(16(18,19)20)23-12(7)8/h5-6,13H,1-4H3,(H,21,22)/i1D. The first-order valence-corrected chi connectivity index (χ1v) is 7.09. The summed E-state index contributed by atoms with van der Waals surface area (Å²) in [6.07, 6.45) is -6.55. The molecule has 1 aromatic carbocycles. The number of hydrogen-bond donors (Lipinski definition) is 1. The highest BCUT2D eigenvalue weighted by Crippen LogP contribution is 2.44. The number of carboxylic acid groups (broad SMARTS) is 1. The molecule has 0 amide bonds. The first-order chi connectivity index (χ1) is 10.9. The van der Waals surface area contributed by atoms with E-state index in [4.69, 9.17) is 22.8 Å². The summed E-state index contributed by atoms with van der Waals surface area (Å²) in [5.74, 6) is -1.85. The number of hydrogen-bond acceptors (Lipinski definition) is 2. The van der Waals surface area contributed by atoms with Gasteiger partial charge in [0.15, 0.2) is 0 Å². The number of alkyl halides is 3. The molecule has 1 aromatic rings. The molecule has 23 heavy (non-hydrogen) atoms. The highest BCUT2D eigenvalue weighted by atomic mass is 35.5. The van der Waals surface area contributed by atoms with Crippen molar-refractivity contribution in [1.29, 1.82) is 0 Å². The predicted molar refractivity (Wildman–Crippen MR) is 81.0 cm³/mol. The third-order valence-electron chi connectivity index (χ3n) is 3.48. The molecule has 1 aliphatic heterocycles. The fourth-order valence-electron chi connectivity index (χ4n) is 2.61. The van der Waals surface area contributed by atoms with Crippen LogP contribution in [0.15, 0.2) is 11.6 Å². The van der Waals surface area contributed by atoms with Crippen LogP contribution in [0.3, 0.4) is 0 Å². The zero-order valence-corrected chi connectivity index (χ0v) is 13.5. The Morgan fingerprint density at radius 1 is 1.39 bits per heavy atom. The van der Waals surface area contributed by atoms with Crippen molar-refractivity contribution < 1.29 is 29.2 Å². The number of aliphatic carboxylic acids is 1. The highest BCUT2D eigenvalue weighted by molar-refractivity contribution is 6.32. The van der Waals surface area contributed by atoms with Gasteiger partial charge in [-0.3, -0.25) is 0 Å². The fraction of sp³-hybridized carbons (Fsp3) is 0.438. The van der Waals surface area contributed by atoms with Crippen molar-refractivity contribution in [2.75, 3.05) is 0 Å². The van der Waals surface area contributed by atoms with Gasteiger partial charge in [-0.15, -0.1) is 0 Å². The number of carboxylic acids is 1. The van der Waals surface area contributed by atoms with Crippen molar-refractivity contribution in [3.05, 3.63) is 33.4 Å². The minimum Gasteiger partial charge on any atom is -0.478 e. The van der Waals surface area contributed by atoms with Crippen LogP contribution in [0.4, 0.5) is 13.2 Å². The Morgan fingerprint density at radius 2 is 2.00 bits per heavy atom. The second kappa shape index (κ2) is 5.44. The average Bonchev–Trinajstić information content (AvgIpc) is 2.41. The van der Waals surface area contributed by atoms with Gasteiger partial charge >= 0.3 is 12.1 Å². The molecule has 1 N–H and O–H groups in total. The summed E-state index contributed by atoms with van der Waals surface area (Å²) in [7, 11) is 0. The van der Waals surface area contributed by atoms with E-state index >= 15 is 0 Å². The van der Waals surface area contributed by atoms with E-state index in [1.54, 1.807) is 0 Å². The lowest BCUT2D eigenvalue weighted by atomic mass is 9.82. The monoisotopic (exact) mass is 349 g/mol. The number of carbonyl (C=O) groups is 1. The molecule has 1 aliphatic rings. The molecule has 0 fully saturated rings. The lowest BCUT2D eigenvalue weighted by Gasteiger charge is -2.31. The van der Waals surface area contributed by atoms with E-state index in [0.717, 1.165) is 6.08 Å². The average molecular weight is 350 g/mol. The van der Waals surface area contributed by atoms with Crippen molar-refractivity contribution in [1.82, 2.24) is 0 Å². The van der Waals surface area contributed by atoms with Gasteiger partial charge in [0.1, 0.15) is 5.75 Å². The fourth-order valence-corrected chi connectivity index (χ4v) is 3.12. The Labute approximate surface area is 138 Å². The third kappa shape index (κ3) is 3.17. The van der Waals surface area contributed by atoms with Crippen LogP contribution in [0.1, 0.15) is 38.8 Å². The molecule has 7 heteroatoms. The lowest BCUT2D eigenvalue weighted by Crippen LogP contribution is -2.40. The van der Waals surface area contributed by atoms with Crippen molar-refractivity contribution >= 4 is 23.6 Å². The van der Waals surface area contributed by atoms with Gasteiger partial charge in [0, 0.05) is 12.0 Å². The van der Waals surface area contributed by atoms with Gasteiger partial charge in [-0.05, 0) is 35.6 Å². The Kier molecular flexibility index (Phi) is 3.83. The highest BCUT2D eigenvalue weighted by Gasteiger charge is 2.49. The van der Waals surface area contributed by atoms with E-state index in [1.807, 2.05) is 20.8 Å². The van der Waals surface area contributed by atoms with Crippen LogP contribution in [-0.4, -0.2) is 23.4 Å². The lowest BCUT2D eigenvalue weighted by molar-refractivity contribution is -0.187. The molecular weight excluding hydrogens is 333 g/mol. The van der Waals surface area contributed by atoms with Gasteiger partial charge in [0.25, 0.3) is 0 Å². The Bertz CT molecular complexity index is 721. The van der Waals surface area contributed by atoms with Gasteiger partial charge in [0.2, 0.25) is 6.10 Å². The molecule has 0 saturated carbocycles. The van der Waals surface area contributed by atoms with Gasteiger partial charge < -0.3 is 9.84 Å². The Hall–Kier alpha value is -1.69.